The van der Waals surface area contributed by atoms with Gasteiger partial charge in [0, 0.05) is 13.1 Å². The maximum Gasteiger partial charge on any atom is 2.00 e. The summed E-state index contributed by atoms with van der Waals surface area (Å²) < 4.78 is 5.94. The van der Waals surface area contributed by atoms with Gasteiger partial charge in [-0.05, 0) is 0 Å². The Morgan fingerprint density at radius 2 is 1.36 bits per heavy atom. The standard InChI is InChI=1S/C6H12N2OS4.Zn/c10-5(11)7-1-3-9-4-2-8-6(12)13;/h1-4H2,(H2,7,10,11)(H2,8,12,13);/q;+2/p-2. The Morgan fingerprint density at radius 1 is 1.00 bits per heavy atom. The van der Waals surface area contributed by atoms with Gasteiger partial charge in [0.25, 0.3) is 0 Å². The van der Waals surface area contributed by atoms with Gasteiger partial charge in [-0.1, -0.05) is 8.64 Å². The van der Waals surface area contributed by atoms with Crippen molar-refractivity contribution in [1.82, 2.24) is 10.6 Å². The third kappa shape index (κ3) is 15.3. The second-order valence-corrected chi connectivity index (χ2v) is 4.19. The first-order chi connectivity index (χ1) is 6.13. The summed E-state index contributed by atoms with van der Waals surface area (Å²) in [5.41, 5.74) is 0. The fourth-order valence-electron chi connectivity index (χ4n) is 0.553. The first kappa shape index (κ1) is 17.2. The Labute approximate surface area is 119 Å². The zero-order valence-electron chi connectivity index (χ0n) is 7.58. The normalized spacial score (nSPS) is 8.57. The summed E-state index contributed by atoms with van der Waals surface area (Å²) in [5.74, 6) is 0. The molecule has 0 bridgehead atoms. The van der Waals surface area contributed by atoms with E-state index in [9.17, 15) is 0 Å². The van der Waals surface area contributed by atoms with Crippen molar-refractivity contribution in [2.24, 2.45) is 0 Å². The number of hydrogen-bond acceptors (Lipinski definition) is 5. The van der Waals surface area contributed by atoms with Gasteiger partial charge in [0.2, 0.25) is 0 Å². The number of nitrogens with one attached hydrogen (secondary N) is 2. The quantitative estimate of drug-likeness (QED) is 0.305. The fourth-order valence-corrected chi connectivity index (χ4v) is 0.961. The van der Waals surface area contributed by atoms with Crippen LogP contribution in [0.5, 0.6) is 0 Å². The molecule has 8 heteroatoms. The molecule has 0 radical (unpaired) electrons. The summed E-state index contributed by atoms with van der Waals surface area (Å²) in [7, 11) is 0. The maximum absolute atomic E-state index is 5.20. The summed E-state index contributed by atoms with van der Waals surface area (Å²) in [6.45, 7) is 2.42. The number of hydrogen-bond donors (Lipinski definition) is 2. The second kappa shape index (κ2) is 11.9. The molecule has 0 fully saturated rings. The largest absolute Gasteiger partial charge is 2.00 e. The first-order valence-corrected chi connectivity index (χ1v) is 5.23. The van der Waals surface area contributed by atoms with Gasteiger partial charge in [-0.15, -0.1) is 0 Å². The molecular weight excluding hydrogens is 310 g/mol. The van der Waals surface area contributed by atoms with Crippen LogP contribution in [-0.4, -0.2) is 34.9 Å². The average Bonchev–Trinajstić information content (AvgIpc) is 2.01. The minimum absolute atomic E-state index is 0. The molecule has 2 N–H and O–H groups in total. The molecule has 0 spiro atoms. The molecule has 0 saturated carbocycles. The predicted molar refractivity (Wildman–Crippen MR) is 66.8 cm³/mol. The van der Waals surface area contributed by atoms with Crippen LogP contribution in [0.2, 0.25) is 0 Å². The van der Waals surface area contributed by atoms with E-state index in [-0.39, 0.29) is 19.5 Å². The van der Waals surface area contributed by atoms with Gasteiger partial charge in [0.1, 0.15) is 0 Å². The van der Waals surface area contributed by atoms with Crippen LogP contribution in [0, 0.1) is 0 Å². The third-order valence-electron chi connectivity index (χ3n) is 1.03. The zero-order chi connectivity index (χ0) is 10.1. The van der Waals surface area contributed by atoms with Crippen LogP contribution in [0.1, 0.15) is 0 Å². The van der Waals surface area contributed by atoms with Gasteiger partial charge in [-0.3, -0.25) is 0 Å². The summed E-state index contributed by atoms with van der Waals surface area (Å²) in [4.78, 5) is 0. The molecule has 0 aromatic heterocycles. The van der Waals surface area contributed by atoms with Crippen molar-refractivity contribution in [3.8, 4) is 0 Å². The topological polar surface area (TPSA) is 33.3 Å². The molecule has 0 aromatic carbocycles. The third-order valence-corrected chi connectivity index (χ3v) is 1.61. The molecule has 0 saturated heterocycles. The Hall–Kier alpha value is 0.803. The van der Waals surface area contributed by atoms with Crippen LogP contribution in [0.15, 0.2) is 0 Å². The van der Waals surface area contributed by atoms with Crippen LogP contribution < -0.4 is 10.6 Å². The van der Waals surface area contributed by atoms with Crippen LogP contribution in [0.4, 0.5) is 0 Å². The van der Waals surface area contributed by atoms with Gasteiger partial charge >= 0.3 is 19.5 Å². The van der Waals surface area contributed by atoms with Crippen molar-refractivity contribution in [1.29, 1.82) is 0 Å². The Morgan fingerprint density at radius 3 is 1.64 bits per heavy atom. The molecule has 0 heterocycles. The van der Waals surface area contributed by atoms with Crippen molar-refractivity contribution in [2.75, 3.05) is 26.3 Å². The molecule has 0 amide bonds. The molecular formula is C6H10N2OS4Zn. The SMILES string of the molecule is S=C([S-])NCCOCCNC(=S)[S-].[Zn+2]. The monoisotopic (exact) mass is 318 g/mol. The van der Waals surface area contributed by atoms with Crippen molar-refractivity contribution in [2.45, 2.75) is 0 Å². The van der Waals surface area contributed by atoms with Crippen molar-refractivity contribution in [3.63, 3.8) is 0 Å². The van der Waals surface area contributed by atoms with E-state index >= 15 is 0 Å². The fraction of sp³-hybridized carbons (Fsp3) is 0.667. The van der Waals surface area contributed by atoms with E-state index in [1.807, 2.05) is 0 Å². The number of thiocarbonyl (C=S) groups is 2. The molecule has 14 heavy (non-hydrogen) atoms. The molecule has 0 aliphatic carbocycles. The molecule has 3 nitrogen and oxygen atoms in total. The van der Waals surface area contributed by atoms with Crippen LogP contribution in [-0.2, 0) is 49.5 Å². The molecule has 0 aromatic rings. The number of ether oxygens (including phenoxy) is 1. The van der Waals surface area contributed by atoms with E-state index in [0.717, 1.165) is 0 Å². The Kier molecular flexibility index (Phi) is 14.6. The maximum atomic E-state index is 5.20. The van der Waals surface area contributed by atoms with Gasteiger partial charge in [-0.25, -0.2) is 0 Å². The average molecular weight is 320 g/mol. The summed E-state index contributed by atoms with van der Waals surface area (Å²) >= 11 is 18.5. The van der Waals surface area contributed by atoms with Crippen LogP contribution in [0.3, 0.4) is 0 Å². The second-order valence-electron chi connectivity index (χ2n) is 2.04. The molecule has 0 aliphatic rings. The van der Waals surface area contributed by atoms with E-state index in [4.69, 9.17) is 4.74 Å². The minimum Gasteiger partial charge on any atom is -0.412 e. The minimum atomic E-state index is 0. The van der Waals surface area contributed by atoms with Crippen molar-refractivity contribution >= 4 is 58.3 Å². The van der Waals surface area contributed by atoms with Gasteiger partial charge < -0.3 is 65.1 Å². The Bertz CT molecular complexity index is 163. The van der Waals surface area contributed by atoms with Crippen molar-refractivity contribution in [3.05, 3.63) is 0 Å². The molecule has 76 valence electrons. The molecule has 0 aliphatic heterocycles. The molecule has 0 unspecified atom stereocenters. The van der Waals surface area contributed by atoms with E-state index in [1.54, 1.807) is 0 Å². The van der Waals surface area contributed by atoms with Gasteiger partial charge in [-0.2, -0.15) is 0 Å². The van der Waals surface area contributed by atoms with Crippen molar-refractivity contribution < 1.29 is 24.2 Å². The van der Waals surface area contributed by atoms with E-state index < -0.39 is 0 Å². The van der Waals surface area contributed by atoms with Crippen LogP contribution >= 0.6 is 24.4 Å². The summed E-state index contributed by atoms with van der Waals surface area (Å²) in [5, 5.41) is 5.60. The smallest absolute Gasteiger partial charge is 0.412 e. The van der Waals surface area contributed by atoms with Crippen LogP contribution in [0.25, 0.3) is 0 Å². The number of rotatable bonds is 6. The molecule has 0 rings (SSSR count). The molecule has 0 atom stereocenters. The summed E-state index contributed by atoms with van der Waals surface area (Å²) in [6, 6.07) is 0. The first-order valence-electron chi connectivity index (χ1n) is 3.60. The zero-order valence-corrected chi connectivity index (χ0v) is 13.8. The van der Waals surface area contributed by atoms with Gasteiger partial charge in [0.05, 0.1) is 13.2 Å². The van der Waals surface area contributed by atoms with E-state index in [2.05, 4.69) is 60.3 Å². The summed E-state index contributed by atoms with van der Waals surface area (Å²) in [6.07, 6.45) is 0. The van der Waals surface area contributed by atoms with E-state index in [0.29, 0.717) is 34.9 Å². The van der Waals surface area contributed by atoms with Gasteiger partial charge in [0.15, 0.2) is 0 Å². The predicted octanol–water partition coefficient (Wildman–Crippen LogP) is -0.157. The van der Waals surface area contributed by atoms with E-state index in [1.165, 1.54) is 0 Å². The Balaban J connectivity index is 0.